The summed E-state index contributed by atoms with van der Waals surface area (Å²) in [5.74, 6) is -4.04. The van der Waals surface area contributed by atoms with Crippen molar-refractivity contribution < 1.29 is 34.5 Å². The Labute approximate surface area is 153 Å². The monoisotopic (exact) mass is 377 g/mol. The second-order valence-corrected chi connectivity index (χ2v) is 5.85. The molecule has 0 aliphatic rings. The van der Waals surface area contributed by atoms with Crippen LogP contribution in [0.1, 0.15) is 17.4 Å². The largest absolute Gasteiger partial charge is 0.480 e. The van der Waals surface area contributed by atoms with Crippen LogP contribution in [0.2, 0.25) is 0 Å². The van der Waals surface area contributed by atoms with Gasteiger partial charge in [-0.1, -0.05) is 18.2 Å². The lowest BCUT2D eigenvalue weighted by atomic mass is 10.2. The lowest BCUT2D eigenvalue weighted by Crippen LogP contribution is -2.51. The predicted octanol–water partition coefficient (Wildman–Crippen LogP) is -0.594. The summed E-state index contributed by atoms with van der Waals surface area (Å²) in [6.07, 6.45) is 0. The van der Waals surface area contributed by atoms with Gasteiger partial charge in [-0.25, -0.2) is 4.79 Å². The van der Waals surface area contributed by atoms with Crippen LogP contribution in [-0.4, -0.2) is 62.3 Å². The number of fused-ring (bicyclic) bond motifs is 1. The summed E-state index contributed by atoms with van der Waals surface area (Å²) in [5, 5.41) is 32.0. The van der Waals surface area contributed by atoms with Gasteiger partial charge in [0.1, 0.15) is 24.3 Å². The number of para-hydroxylation sites is 1. The molecule has 0 fully saturated rings. The number of aliphatic hydroxyl groups excluding tert-OH is 1. The quantitative estimate of drug-likeness (QED) is 0.411. The number of aliphatic carboxylic acids is 2. The maximum absolute atomic E-state index is 12.6. The van der Waals surface area contributed by atoms with Crippen molar-refractivity contribution in [1.29, 1.82) is 0 Å². The Kier molecular flexibility index (Phi) is 6.14. The van der Waals surface area contributed by atoms with E-state index in [1.54, 1.807) is 24.3 Å². The number of amides is 2. The van der Waals surface area contributed by atoms with E-state index in [9.17, 15) is 19.2 Å². The number of carboxylic acids is 2. The van der Waals surface area contributed by atoms with Crippen molar-refractivity contribution in [3.63, 3.8) is 0 Å². The second kappa shape index (κ2) is 8.32. The summed E-state index contributed by atoms with van der Waals surface area (Å²) in [7, 11) is 0. The minimum absolute atomic E-state index is 0.0511. The number of benzene rings is 1. The number of carbonyl (C=O) groups excluding carboxylic acids is 2. The van der Waals surface area contributed by atoms with Crippen LogP contribution in [0.15, 0.2) is 30.3 Å². The van der Waals surface area contributed by atoms with Crippen molar-refractivity contribution in [3.05, 3.63) is 36.0 Å². The van der Waals surface area contributed by atoms with E-state index in [4.69, 9.17) is 15.3 Å². The van der Waals surface area contributed by atoms with E-state index in [0.29, 0.717) is 10.9 Å². The molecule has 0 aliphatic carbocycles. The van der Waals surface area contributed by atoms with Crippen molar-refractivity contribution in [2.75, 3.05) is 6.61 Å². The molecule has 0 radical (unpaired) electrons. The molecular weight excluding hydrogens is 358 g/mol. The fourth-order valence-corrected chi connectivity index (χ4v) is 2.52. The molecule has 144 valence electrons. The molecule has 0 saturated carbocycles. The van der Waals surface area contributed by atoms with E-state index >= 15 is 0 Å². The first-order valence-electron chi connectivity index (χ1n) is 7.99. The molecular formula is C17H19N3O7. The number of hydrogen-bond acceptors (Lipinski definition) is 5. The highest BCUT2D eigenvalue weighted by molar-refractivity contribution is 6.01. The van der Waals surface area contributed by atoms with Crippen LogP contribution in [0.5, 0.6) is 0 Å². The molecule has 0 bridgehead atoms. The Bertz CT molecular complexity index is 890. The predicted molar refractivity (Wildman–Crippen MR) is 93.2 cm³/mol. The van der Waals surface area contributed by atoms with Gasteiger partial charge in [-0.2, -0.15) is 0 Å². The fourth-order valence-electron chi connectivity index (χ4n) is 2.52. The first-order valence-corrected chi connectivity index (χ1v) is 7.99. The van der Waals surface area contributed by atoms with Gasteiger partial charge in [0, 0.05) is 10.9 Å². The molecule has 2 aromatic rings. The van der Waals surface area contributed by atoms with Crippen LogP contribution in [-0.2, 0) is 20.9 Å². The Morgan fingerprint density at radius 2 is 1.78 bits per heavy atom. The van der Waals surface area contributed by atoms with Crippen molar-refractivity contribution in [2.45, 2.75) is 25.6 Å². The van der Waals surface area contributed by atoms with Crippen LogP contribution in [0.25, 0.3) is 10.9 Å². The Morgan fingerprint density at radius 3 is 2.37 bits per heavy atom. The summed E-state index contributed by atoms with van der Waals surface area (Å²) < 4.78 is 1.31. The van der Waals surface area contributed by atoms with Gasteiger partial charge in [0.25, 0.3) is 5.91 Å². The standard InChI is InChI=1S/C17H19N3O7/c1-9(15(24)19-11(8-21)17(26)27)18-16(25)13-6-10-4-2-3-5-12(10)20(13)7-14(22)23/h2-6,9,11,21H,7-8H2,1H3,(H,18,25)(H,19,24)(H,22,23)(H,26,27)/t9-,11-/m0/s1. The van der Waals surface area contributed by atoms with Gasteiger partial charge in [-0.05, 0) is 19.1 Å². The van der Waals surface area contributed by atoms with Gasteiger partial charge in [-0.15, -0.1) is 0 Å². The molecule has 27 heavy (non-hydrogen) atoms. The first kappa shape index (κ1) is 19.9. The average molecular weight is 377 g/mol. The summed E-state index contributed by atoms with van der Waals surface area (Å²) in [6, 6.07) is 5.75. The van der Waals surface area contributed by atoms with Gasteiger partial charge in [0.15, 0.2) is 0 Å². The summed E-state index contributed by atoms with van der Waals surface area (Å²) in [6.45, 7) is 0.102. The SMILES string of the molecule is C[C@H](NC(=O)c1cc2ccccc2n1CC(=O)O)C(=O)N[C@@H](CO)C(=O)O. The van der Waals surface area contributed by atoms with Crippen LogP contribution in [0.3, 0.4) is 0 Å². The molecule has 10 nitrogen and oxygen atoms in total. The number of nitrogens with one attached hydrogen (secondary N) is 2. The second-order valence-electron chi connectivity index (χ2n) is 5.85. The zero-order chi connectivity index (χ0) is 20.1. The topological polar surface area (TPSA) is 158 Å². The van der Waals surface area contributed by atoms with Gasteiger partial charge in [-0.3, -0.25) is 14.4 Å². The van der Waals surface area contributed by atoms with Crippen LogP contribution in [0, 0.1) is 0 Å². The molecule has 1 aromatic carbocycles. The molecule has 5 N–H and O–H groups in total. The zero-order valence-corrected chi connectivity index (χ0v) is 14.4. The highest BCUT2D eigenvalue weighted by Crippen LogP contribution is 2.20. The molecule has 0 aliphatic heterocycles. The Hall–Kier alpha value is -3.40. The van der Waals surface area contributed by atoms with Crippen LogP contribution in [0.4, 0.5) is 0 Å². The summed E-state index contributed by atoms with van der Waals surface area (Å²) in [5.41, 5.74) is 0.601. The molecule has 2 atom stereocenters. The number of hydrogen-bond donors (Lipinski definition) is 5. The van der Waals surface area contributed by atoms with E-state index in [1.165, 1.54) is 17.6 Å². The minimum Gasteiger partial charge on any atom is -0.480 e. The lowest BCUT2D eigenvalue weighted by molar-refractivity contribution is -0.143. The smallest absolute Gasteiger partial charge is 0.328 e. The van der Waals surface area contributed by atoms with Crippen molar-refractivity contribution in [3.8, 4) is 0 Å². The van der Waals surface area contributed by atoms with E-state index in [1.807, 2.05) is 0 Å². The number of rotatable bonds is 8. The molecule has 0 saturated heterocycles. The fraction of sp³-hybridized carbons (Fsp3) is 0.294. The van der Waals surface area contributed by atoms with E-state index in [0.717, 1.165) is 0 Å². The van der Waals surface area contributed by atoms with Crippen molar-refractivity contribution in [2.24, 2.45) is 0 Å². The van der Waals surface area contributed by atoms with E-state index < -0.39 is 49.0 Å². The van der Waals surface area contributed by atoms with Crippen molar-refractivity contribution in [1.82, 2.24) is 15.2 Å². The van der Waals surface area contributed by atoms with Crippen LogP contribution < -0.4 is 10.6 Å². The average Bonchev–Trinajstić information content (AvgIpc) is 2.97. The first-order chi connectivity index (χ1) is 12.7. The summed E-state index contributed by atoms with van der Waals surface area (Å²) in [4.78, 5) is 46.6. The molecule has 0 spiro atoms. The normalized spacial score (nSPS) is 13.0. The maximum Gasteiger partial charge on any atom is 0.328 e. The summed E-state index contributed by atoms with van der Waals surface area (Å²) >= 11 is 0. The molecule has 1 heterocycles. The van der Waals surface area contributed by atoms with Gasteiger partial charge in [0.2, 0.25) is 5.91 Å². The number of carboxylic acid groups (broad SMARTS) is 2. The maximum atomic E-state index is 12.6. The number of carbonyl (C=O) groups is 4. The third kappa shape index (κ3) is 4.61. The molecule has 1 aromatic heterocycles. The van der Waals surface area contributed by atoms with Gasteiger partial charge < -0.3 is 30.5 Å². The lowest BCUT2D eigenvalue weighted by Gasteiger charge is -2.17. The van der Waals surface area contributed by atoms with Gasteiger partial charge in [0.05, 0.1) is 6.61 Å². The van der Waals surface area contributed by atoms with Crippen LogP contribution >= 0.6 is 0 Å². The Morgan fingerprint density at radius 1 is 1.11 bits per heavy atom. The number of aromatic nitrogens is 1. The van der Waals surface area contributed by atoms with E-state index in [-0.39, 0.29) is 5.69 Å². The third-order valence-corrected chi connectivity index (χ3v) is 3.87. The van der Waals surface area contributed by atoms with E-state index in [2.05, 4.69) is 10.6 Å². The third-order valence-electron chi connectivity index (χ3n) is 3.87. The van der Waals surface area contributed by atoms with Gasteiger partial charge >= 0.3 is 11.9 Å². The molecule has 0 unspecified atom stereocenters. The number of nitrogens with zero attached hydrogens (tertiary/aromatic N) is 1. The highest BCUT2D eigenvalue weighted by Gasteiger charge is 2.25. The minimum atomic E-state index is -1.49. The zero-order valence-electron chi connectivity index (χ0n) is 14.4. The number of aliphatic hydroxyl groups is 1. The molecule has 2 rings (SSSR count). The highest BCUT2D eigenvalue weighted by atomic mass is 16.4. The Balaban J connectivity index is 2.21. The van der Waals surface area contributed by atoms with Crippen molar-refractivity contribution >= 4 is 34.7 Å². The molecule has 2 amide bonds. The molecule has 10 heteroatoms.